The Balaban J connectivity index is 2.53. The zero-order valence-corrected chi connectivity index (χ0v) is 10.6. The molecule has 0 aliphatic heterocycles. The van der Waals surface area contributed by atoms with E-state index in [4.69, 9.17) is 0 Å². The summed E-state index contributed by atoms with van der Waals surface area (Å²) in [5.41, 5.74) is 4.09. The van der Waals surface area contributed by atoms with E-state index in [9.17, 15) is 5.11 Å². The monoisotopic (exact) mass is 230 g/mol. The minimum absolute atomic E-state index is 0.248. The van der Waals surface area contributed by atoms with E-state index < -0.39 is 0 Å². The summed E-state index contributed by atoms with van der Waals surface area (Å²) in [6.45, 7) is 4.17. The molecule has 17 heavy (non-hydrogen) atoms. The van der Waals surface area contributed by atoms with Crippen LogP contribution < -0.4 is 0 Å². The van der Waals surface area contributed by atoms with Crippen LogP contribution in [0.15, 0.2) is 24.3 Å². The van der Waals surface area contributed by atoms with Crippen LogP contribution in [0.3, 0.4) is 0 Å². The van der Waals surface area contributed by atoms with Gasteiger partial charge in [0.05, 0.1) is 11.3 Å². The second kappa shape index (κ2) is 4.62. The summed E-state index contributed by atoms with van der Waals surface area (Å²) < 4.78 is 1.54. The number of nitrogens with zero attached hydrogens (tertiary/aromatic N) is 2. The van der Waals surface area contributed by atoms with E-state index in [1.165, 1.54) is 5.56 Å². The van der Waals surface area contributed by atoms with Gasteiger partial charge in [-0.2, -0.15) is 5.10 Å². The standard InChI is InChI=1S/C14H18N2O/c1-4-5-12-13(14(17)16(3)15-12)11-8-6-10(2)7-9-11/h6-9,17H,4-5H2,1-3H3. The van der Waals surface area contributed by atoms with Crippen LogP contribution in [0.2, 0.25) is 0 Å². The van der Waals surface area contributed by atoms with Gasteiger partial charge in [0.15, 0.2) is 0 Å². The zero-order chi connectivity index (χ0) is 12.4. The number of rotatable bonds is 3. The lowest BCUT2D eigenvalue weighted by Crippen LogP contribution is -1.91. The van der Waals surface area contributed by atoms with E-state index in [2.05, 4.69) is 31.1 Å². The Morgan fingerprint density at radius 2 is 1.88 bits per heavy atom. The number of aryl methyl sites for hydroxylation is 3. The molecular formula is C14H18N2O. The van der Waals surface area contributed by atoms with Crippen molar-refractivity contribution in [3.63, 3.8) is 0 Å². The maximum atomic E-state index is 10.1. The van der Waals surface area contributed by atoms with Gasteiger partial charge in [-0.15, -0.1) is 0 Å². The molecule has 2 rings (SSSR count). The summed E-state index contributed by atoms with van der Waals surface area (Å²) in [7, 11) is 1.77. The Hall–Kier alpha value is -1.77. The first-order valence-corrected chi connectivity index (χ1v) is 5.95. The second-order valence-corrected chi connectivity index (χ2v) is 4.38. The fraction of sp³-hybridized carbons (Fsp3) is 0.357. The normalized spacial score (nSPS) is 10.8. The van der Waals surface area contributed by atoms with E-state index in [0.29, 0.717) is 0 Å². The summed E-state index contributed by atoms with van der Waals surface area (Å²) in [6.07, 6.45) is 1.91. The number of hydrogen-bond acceptors (Lipinski definition) is 2. The largest absolute Gasteiger partial charge is 0.493 e. The molecule has 0 amide bonds. The Labute approximate surface area is 102 Å². The highest BCUT2D eigenvalue weighted by molar-refractivity contribution is 5.71. The minimum Gasteiger partial charge on any atom is -0.493 e. The van der Waals surface area contributed by atoms with Crippen LogP contribution in [0.5, 0.6) is 5.88 Å². The first-order chi connectivity index (χ1) is 8.13. The molecule has 1 heterocycles. The molecule has 0 atom stereocenters. The lowest BCUT2D eigenvalue weighted by atomic mass is 10.0. The van der Waals surface area contributed by atoms with E-state index in [1.54, 1.807) is 11.7 Å². The SMILES string of the molecule is CCCc1nn(C)c(O)c1-c1ccc(C)cc1. The van der Waals surface area contributed by atoms with Gasteiger partial charge in [-0.1, -0.05) is 43.2 Å². The van der Waals surface area contributed by atoms with E-state index >= 15 is 0 Å². The molecule has 0 saturated heterocycles. The van der Waals surface area contributed by atoms with Crippen LogP contribution in [0.1, 0.15) is 24.6 Å². The summed E-state index contributed by atoms with van der Waals surface area (Å²) in [6, 6.07) is 8.17. The van der Waals surface area contributed by atoms with Crippen molar-refractivity contribution in [2.45, 2.75) is 26.7 Å². The zero-order valence-electron chi connectivity index (χ0n) is 10.6. The molecule has 90 valence electrons. The molecule has 0 fully saturated rings. The Kier molecular flexibility index (Phi) is 3.18. The van der Waals surface area contributed by atoms with E-state index in [0.717, 1.165) is 29.7 Å². The first kappa shape index (κ1) is 11.7. The number of benzene rings is 1. The van der Waals surface area contributed by atoms with Crippen molar-refractivity contribution >= 4 is 0 Å². The van der Waals surface area contributed by atoms with Crippen molar-refractivity contribution in [1.29, 1.82) is 0 Å². The third-order valence-electron chi connectivity index (χ3n) is 2.92. The summed E-state index contributed by atoms with van der Waals surface area (Å²) in [5, 5.41) is 14.4. The molecule has 0 aliphatic rings. The Morgan fingerprint density at radius 1 is 1.24 bits per heavy atom. The van der Waals surface area contributed by atoms with Gasteiger partial charge >= 0.3 is 0 Å². The Bertz CT molecular complexity index is 512. The molecule has 0 radical (unpaired) electrons. The van der Waals surface area contributed by atoms with Crippen molar-refractivity contribution in [2.75, 3.05) is 0 Å². The van der Waals surface area contributed by atoms with Gasteiger partial charge in [-0.05, 0) is 18.9 Å². The van der Waals surface area contributed by atoms with Crippen molar-refractivity contribution in [3.05, 3.63) is 35.5 Å². The smallest absolute Gasteiger partial charge is 0.217 e. The molecule has 0 unspecified atom stereocenters. The van der Waals surface area contributed by atoms with Crippen LogP contribution in [0, 0.1) is 6.92 Å². The van der Waals surface area contributed by atoms with Gasteiger partial charge in [0.25, 0.3) is 0 Å². The van der Waals surface area contributed by atoms with Gasteiger partial charge in [0.1, 0.15) is 0 Å². The third-order valence-corrected chi connectivity index (χ3v) is 2.92. The summed E-state index contributed by atoms with van der Waals surface area (Å²) >= 11 is 0. The lowest BCUT2D eigenvalue weighted by Gasteiger charge is -2.03. The highest BCUT2D eigenvalue weighted by Crippen LogP contribution is 2.32. The third kappa shape index (κ3) is 2.18. The molecule has 2 aromatic rings. The molecule has 3 heteroatoms. The van der Waals surface area contributed by atoms with Crippen LogP contribution in [-0.2, 0) is 13.5 Å². The van der Waals surface area contributed by atoms with Crippen molar-refractivity contribution in [3.8, 4) is 17.0 Å². The fourth-order valence-corrected chi connectivity index (χ4v) is 2.00. The van der Waals surface area contributed by atoms with Crippen LogP contribution in [0.4, 0.5) is 0 Å². The highest BCUT2D eigenvalue weighted by atomic mass is 16.3. The molecule has 1 aromatic heterocycles. The van der Waals surface area contributed by atoms with Crippen LogP contribution in [-0.4, -0.2) is 14.9 Å². The molecule has 3 nitrogen and oxygen atoms in total. The van der Waals surface area contributed by atoms with Crippen LogP contribution >= 0.6 is 0 Å². The molecule has 0 spiro atoms. The number of hydrogen-bond donors (Lipinski definition) is 1. The topological polar surface area (TPSA) is 38.0 Å². The van der Waals surface area contributed by atoms with Crippen LogP contribution in [0.25, 0.3) is 11.1 Å². The quantitative estimate of drug-likeness (QED) is 0.880. The summed E-state index contributed by atoms with van der Waals surface area (Å²) in [5.74, 6) is 0.248. The first-order valence-electron chi connectivity index (χ1n) is 5.95. The van der Waals surface area contributed by atoms with Gasteiger partial charge in [0.2, 0.25) is 5.88 Å². The van der Waals surface area contributed by atoms with Crippen molar-refractivity contribution in [2.24, 2.45) is 7.05 Å². The van der Waals surface area contributed by atoms with Crippen molar-refractivity contribution in [1.82, 2.24) is 9.78 Å². The number of aromatic hydroxyl groups is 1. The van der Waals surface area contributed by atoms with Crippen molar-refractivity contribution < 1.29 is 5.11 Å². The predicted molar refractivity (Wildman–Crippen MR) is 69.0 cm³/mol. The van der Waals surface area contributed by atoms with Gasteiger partial charge in [-0.25, -0.2) is 4.68 Å². The maximum Gasteiger partial charge on any atom is 0.217 e. The lowest BCUT2D eigenvalue weighted by molar-refractivity contribution is 0.420. The molecule has 0 aliphatic carbocycles. The molecule has 1 N–H and O–H groups in total. The average Bonchev–Trinajstić information content (AvgIpc) is 2.57. The minimum atomic E-state index is 0.248. The molecule has 1 aromatic carbocycles. The van der Waals surface area contributed by atoms with E-state index in [1.807, 2.05) is 12.1 Å². The molecule has 0 bridgehead atoms. The maximum absolute atomic E-state index is 10.1. The van der Waals surface area contributed by atoms with Gasteiger partial charge in [-0.3, -0.25) is 0 Å². The van der Waals surface area contributed by atoms with Gasteiger partial charge < -0.3 is 5.11 Å². The highest BCUT2D eigenvalue weighted by Gasteiger charge is 2.16. The fourth-order valence-electron chi connectivity index (χ4n) is 2.00. The summed E-state index contributed by atoms with van der Waals surface area (Å²) in [4.78, 5) is 0. The average molecular weight is 230 g/mol. The number of aromatic nitrogens is 2. The molecule has 0 saturated carbocycles. The van der Waals surface area contributed by atoms with Gasteiger partial charge in [0, 0.05) is 7.05 Å². The van der Waals surface area contributed by atoms with E-state index in [-0.39, 0.29) is 5.88 Å². The second-order valence-electron chi connectivity index (χ2n) is 4.38. The Morgan fingerprint density at radius 3 is 2.47 bits per heavy atom. The predicted octanol–water partition coefficient (Wildman–Crippen LogP) is 3.05. The molecular weight excluding hydrogens is 212 g/mol.